The number of rotatable bonds is 10. The molecule has 0 atom stereocenters. The molecular formula is C28H22ClFN2O7S. The normalized spacial score (nSPS) is 14.0. The molecule has 1 heterocycles. The van der Waals surface area contributed by atoms with Crippen molar-refractivity contribution < 1.29 is 38.1 Å². The van der Waals surface area contributed by atoms with Crippen molar-refractivity contribution in [2.75, 3.05) is 18.5 Å². The molecule has 9 nitrogen and oxygen atoms in total. The summed E-state index contributed by atoms with van der Waals surface area (Å²) in [5, 5.41) is 11.2. The fourth-order valence-corrected chi connectivity index (χ4v) is 4.83. The Morgan fingerprint density at radius 1 is 1.10 bits per heavy atom. The van der Waals surface area contributed by atoms with Gasteiger partial charge in [-0.2, -0.15) is 0 Å². The second-order valence-corrected chi connectivity index (χ2v) is 9.78. The summed E-state index contributed by atoms with van der Waals surface area (Å²) in [6.45, 7) is 1.53. The number of carbonyl (C=O) groups is 4. The second kappa shape index (κ2) is 12.7. The van der Waals surface area contributed by atoms with E-state index >= 15 is 0 Å². The predicted octanol–water partition coefficient (Wildman–Crippen LogP) is 5.83. The molecule has 40 heavy (non-hydrogen) atoms. The minimum absolute atomic E-state index is 0.0246. The Morgan fingerprint density at radius 3 is 2.60 bits per heavy atom. The molecule has 1 saturated heterocycles. The second-order valence-electron chi connectivity index (χ2n) is 8.38. The summed E-state index contributed by atoms with van der Waals surface area (Å²) in [7, 11) is 0. The summed E-state index contributed by atoms with van der Waals surface area (Å²) in [6.07, 6.45) is 1.45. The van der Waals surface area contributed by atoms with Crippen LogP contribution in [-0.2, 0) is 16.2 Å². The zero-order valence-electron chi connectivity index (χ0n) is 21.0. The van der Waals surface area contributed by atoms with Crippen molar-refractivity contribution in [2.24, 2.45) is 0 Å². The minimum Gasteiger partial charge on any atom is -0.490 e. The van der Waals surface area contributed by atoms with E-state index in [1.807, 2.05) is 0 Å². The highest BCUT2D eigenvalue weighted by atomic mass is 35.5. The maximum Gasteiger partial charge on any atom is 0.335 e. The molecule has 0 aromatic heterocycles. The first-order valence-corrected chi connectivity index (χ1v) is 13.1. The van der Waals surface area contributed by atoms with Crippen LogP contribution in [0.5, 0.6) is 11.5 Å². The van der Waals surface area contributed by atoms with Crippen LogP contribution in [0, 0.1) is 5.82 Å². The van der Waals surface area contributed by atoms with Crippen molar-refractivity contribution in [1.82, 2.24) is 4.90 Å². The van der Waals surface area contributed by atoms with Gasteiger partial charge in [0.25, 0.3) is 11.1 Å². The van der Waals surface area contributed by atoms with E-state index in [1.165, 1.54) is 42.5 Å². The number of ether oxygens (including phenoxy) is 2. The van der Waals surface area contributed by atoms with Crippen molar-refractivity contribution in [2.45, 2.75) is 13.5 Å². The van der Waals surface area contributed by atoms with Crippen LogP contribution in [0.15, 0.2) is 65.6 Å². The van der Waals surface area contributed by atoms with E-state index in [-0.39, 0.29) is 45.9 Å². The van der Waals surface area contributed by atoms with E-state index in [2.05, 4.69) is 5.32 Å². The van der Waals surface area contributed by atoms with E-state index < -0.39 is 35.4 Å². The summed E-state index contributed by atoms with van der Waals surface area (Å²) in [5.41, 5.74) is 1.37. The number of benzene rings is 3. The average Bonchev–Trinajstić information content (AvgIpc) is 3.15. The lowest BCUT2D eigenvalue weighted by Crippen LogP contribution is -2.36. The SMILES string of the molecule is CCOc1cc(/C=C2/SC(=O)N(CC(=O)Nc3cccc(F)c3)C2=O)cc(Cl)c1OCc1cccc(C(=O)O)c1. The van der Waals surface area contributed by atoms with Crippen LogP contribution in [-0.4, -0.2) is 46.2 Å². The van der Waals surface area contributed by atoms with Crippen LogP contribution in [0.3, 0.4) is 0 Å². The smallest absolute Gasteiger partial charge is 0.335 e. The monoisotopic (exact) mass is 584 g/mol. The van der Waals surface area contributed by atoms with Crippen LogP contribution < -0.4 is 14.8 Å². The van der Waals surface area contributed by atoms with Crippen LogP contribution in [0.1, 0.15) is 28.4 Å². The molecule has 1 aliphatic heterocycles. The zero-order valence-corrected chi connectivity index (χ0v) is 22.6. The molecule has 12 heteroatoms. The van der Waals surface area contributed by atoms with Crippen LogP contribution in [0.2, 0.25) is 5.02 Å². The minimum atomic E-state index is -1.06. The molecule has 0 radical (unpaired) electrons. The van der Waals surface area contributed by atoms with E-state index in [0.29, 0.717) is 22.9 Å². The highest BCUT2D eigenvalue weighted by molar-refractivity contribution is 8.18. The van der Waals surface area contributed by atoms with E-state index in [1.54, 1.807) is 25.1 Å². The number of aromatic carboxylic acids is 1. The lowest BCUT2D eigenvalue weighted by Gasteiger charge is -2.15. The van der Waals surface area contributed by atoms with Gasteiger partial charge in [-0.3, -0.25) is 19.3 Å². The molecule has 0 saturated carbocycles. The van der Waals surface area contributed by atoms with Gasteiger partial charge in [0, 0.05) is 5.69 Å². The molecule has 3 aromatic rings. The van der Waals surface area contributed by atoms with Gasteiger partial charge in [0.05, 0.1) is 22.1 Å². The number of hydrogen-bond acceptors (Lipinski definition) is 7. The third kappa shape index (κ3) is 6.99. The van der Waals surface area contributed by atoms with Crippen molar-refractivity contribution >= 4 is 58.1 Å². The number of nitrogens with one attached hydrogen (secondary N) is 1. The van der Waals surface area contributed by atoms with Crippen molar-refractivity contribution in [3.8, 4) is 11.5 Å². The molecule has 3 amide bonds. The molecule has 0 unspecified atom stereocenters. The van der Waals surface area contributed by atoms with Gasteiger partial charge in [0.2, 0.25) is 5.91 Å². The highest BCUT2D eigenvalue weighted by Gasteiger charge is 2.36. The third-order valence-electron chi connectivity index (χ3n) is 5.47. The number of nitrogens with zero attached hydrogens (tertiary/aromatic N) is 1. The van der Waals surface area contributed by atoms with E-state index in [0.717, 1.165) is 11.0 Å². The number of anilines is 1. The Kier molecular flexibility index (Phi) is 9.08. The van der Waals surface area contributed by atoms with Crippen molar-refractivity contribution in [3.05, 3.63) is 93.1 Å². The molecular weight excluding hydrogens is 563 g/mol. The Labute approximate surface area is 237 Å². The Morgan fingerprint density at radius 2 is 1.88 bits per heavy atom. The topological polar surface area (TPSA) is 122 Å². The standard InChI is InChI=1S/C28H22ClFN2O7S/c1-2-38-22-11-17(10-21(29)25(22)39-15-16-5-3-6-18(9-16)27(35)36)12-23-26(34)32(28(37)40-23)14-24(33)31-20-8-4-7-19(30)13-20/h3-13H,2,14-15H2,1H3,(H,31,33)(H,35,36)/b23-12+. The summed E-state index contributed by atoms with van der Waals surface area (Å²) in [4.78, 5) is 49.8. The van der Waals surface area contributed by atoms with Crippen LogP contribution in [0.4, 0.5) is 14.9 Å². The summed E-state index contributed by atoms with van der Waals surface area (Å²) in [6, 6.07) is 14.6. The summed E-state index contributed by atoms with van der Waals surface area (Å²) in [5.74, 6) is -2.42. The number of halogens is 2. The fraction of sp³-hybridized carbons (Fsp3) is 0.143. The maximum atomic E-state index is 13.4. The number of hydrogen-bond donors (Lipinski definition) is 2. The maximum absolute atomic E-state index is 13.4. The summed E-state index contributed by atoms with van der Waals surface area (Å²) < 4.78 is 24.9. The lowest BCUT2D eigenvalue weighted by atomic mass is 10.1. The molecule has 3 aromatic carbocycles. The first kappa shape index (κ1) is 28.7. The first-order valence-electron chi connectivity index (χ1n) is 11.9. The van der Waals surface area contributed by atoms with Crippen LogP contribution in [0.25, 0.3) is 6.08 Å². The lowest BCUT2D eigenvalue weighted by molar-refractivity contribution is -0.127. The Hall–Kier alpha value is -4.35. The van der Waals surface area contributed by atoms with Gasteiger partial charge >= 0.3 is 5.97 Å². The number of carbonyl (C=O) groups excluding carboxylic acids is 3. The van der Waals surface area contributed by atoms with E-state index in [9.17, 15) is 28.7 Å². The first-order chi connectivity index (χ1) is 19.1. The van der Waals surface area contributed by atoms with Crippen molar-refractivity contribution in [3.63, 3.8) is 0 Å². The molecule has 1 fully saturated rings. The number of carboxylic acid groups (broad SMARTS) is 1. The van der Waals surface area contributed by atoms with Gasteiger partial charge in [-0.25, -0.2) is 9.18 Å². The number of amides is 3. The number of imide groups is 1. The number of carboxylic acids is 1. The van der Waals surface area contributed by atoms with E-state index in [4.69, 9.17) is 21.1 Å². The van der Waals surface area contributed by atoms with Crippen molar-refractivity contribution in [1.29, 1.82) is 0 Å². The number of thioether (sulfide) groups is 1. The molecule has 0 bridgehead atoms. The Bertz CT molecular complexity index is 1530. The van der Waals surface area contributed by atoms with Gasteiger partial charge in [0.15, 0.2) is 11.5 Å². The molecule has 2 N–H and O–H groups in total. The molecule has 4 rings (SSSR count). The quantitative estimate of drug-likeness (QED) is 0.285. The van der Waals surface area contributed by atoms with Gasteiger partial charge < -0.3 is 19.9 Å². The van der Waals surface area contributed by atoms with Crippen LogP contribution >= 0.6 is 23.4 Å². The van der Waals surface area contributed by atoms with Gasteiger partial charge in [-0.1, -0.05) is 29.8 Å². The van der Waals surface area contributed by atoms with Gasteiger partial charge in [-0.05, 0) is 78.4 Å². The Balaban J connectivity index is 1.49. The largest absolute Gasteiger partial charge is 0.490 e. The molecule has 0 aliphatic carbocycles. The zero-order chi connectivity index (χ0) is 28.8. The molecule has 0 spiro atoms. The summed E-state index contributed by atoms with van der Waals surface area (Å²) >= 11 is 7.14. The molecule has 1 aliphatic rings. The average molecular weight is 585 g/mol. The fourth-order valence-electron chi connectivity index (χ4n) is 3.72. The highest BCUT2D eigenvalue weighted by Crippen LogP contribution is 2.39. The molecule has 206 valence electrons. The third-order valence-corrected chi connectivity index (χ3v) is 6.66. The van der Waals surface area contributed by atoms with Gasteiger partial charge in [-0.15, -0.1) is 0 Å². The predicted molar refractivity (Wildman–Crippen MR) is 148 cm³/mol. The van der Waals surface area contributed by atoms with Gasteiger partial charge in [0.1, 0.15) is 19.0 Å².